The Balaban J connectivity index is 1.17. The lowest BCUT2D eigenvalue weighted by Gasteiger charge is -2.37. The summed E-state index contributed by atoms with van der Waals surface area (Å²) in [6.07, 6.45) is 0. The number of benzene rings is 3. The lowest BCUT2D eigenvalue weighted by atomic mass is 10.1. The van der Waals surface area contributed by atoms with Gasteiger partial charge >= 0.3 is 0 Å². The number of thioether (sulfide) groups is 1. The molecule has 2 aliphatic rings. The number of anilines is 3. The standard InChI is InChI=1S/C28H28ClFN4O2S/c1-18-2-6-21(29)15-26(18)33-10-12-34(13-11-33)28(36)20-5-9-23-24(14-20)32-27(35)25(31-23)17-37-16-19-3-7-22(30)8-4-19/h2-9,14-15,25,31H,10-13,16-17H2,1H3,(H,32,35)/t25-/m1/s1. The Morgan fingerprint density at radius 2 is 1.78 bits per heavy atom. The fourth-order valence-corrected chi connectivity index (χ4v) is 5.81. The number of piperazine rings is 1. The molecule has 0 bridgehead atoms. The van der Waals surface area contributed by atoms with E-state index in [0.29, 0.717) is 40.9 Å². The van der Waals surface area contributed by atoms with Crippen LogP contribution in [0.4, 0.5) is 21.5 Å². The van der Waals surface area contributed by atoms with Crippen LogP contribution in [0.3, 0.4) is 0 Å². The smallest absolute Gasteiger partial charge is 0.254 e. The maximum atomic E-state index is 13.2. The predicted molar refractivity (Wildman–Crippen MR) is 149 cm³/mol. The summed E-state index contributed by atoms with van der Waals surface area (Å²) in [6, 6.07) is 17.3. The summed E-state index contributed by atoms with van der Waals surface area (Å²) < 4.78 is 13.1. The van der Waals surface area contributed by atoms with E-state index in [1.54, 1.807) is 30.0 Å². The summed E-state index contributed by atoms with van der Waals surface area (Å²) >= 11 is 7.79. The number of aryl methyl sites for hydroxylation is 1. The first-order valence-electron chi connectivity index (χ1n) is 12.2. The van der Waals surface area contributed by atoms with E-state index in [-0.39, 0.29) is 23.7 Å². The molecule has 192 valence electrons. The van der Waals surface area contributed by atoms with Crippen molar-refractivity contribution in [2.45, 2.75) is 18.7 Å². The molecule has 0 saturated carbocycles. The Hall–Kier alpha value is -3.23. The van der Waals surface area contributed by atoms with Crippen LogP contribution in [0.1, 0.15) is 21.5 Å². The van der Waals surface area contributed by atoms with Crippen LogP contribution >= 0.6 is 23.4 Å². The second-order valence-electron chi connectivity index (χ2n) is 9.30. The Bertz CT molecular complexity index is 1310. The van der Waals surface area contributed by atoms with E-state index in [4.69, 9.17) is 11.6 Å². The molecule has 5 rings (SSSR count). The van der Waals surface area contributed by atoms with Crippen LogP contribution in [0.25, 0.3) is 0 Å². The number of hydrogen-bond acceptors (Lipinski definition) is 5. The molecular formula is C28H28ClFN4O2S. The van der Waals surface area contributed by atoms with E-state index in [1.165, 1.54) is 12.1 Å². The number of hydrogen-bond donors (Lipinski definition) is 2. The molecule has 0 radical (unpaired) electrons. The highest BCUT2D eigenvalue weighted by molar-refractivity contribution is 7.98. The quantitative estimate of drug-likeness (QED) is 0.439. The predicted octanol–water partition coefficient (Wildman–Crippen LogP) is 5.42. The number of fused-ring (bicyclic) bond motifs is 1. The summed E-state index contributed by atoms with van der Waals surface area (Å²) in [5.41, 5.74) is 5.24. The van der Waals surface area contributed by atoms with E-state index in [9.17, 15) is 14.0 Å². The van der Waals surface area contributed by atoms with Crippen molar-refractivity contribution in [2.75, 3.05) is 47.5 Å². The molecule has 0 aliphatic carbocycles. The van der Waals surface area contributed by atoms with Gasteiger partial charge in [0.2, 0.25) is 5.91 Å². The van der Waals surface area contributed by atoms with Crippen LogP contribution in [0.2, 0.25) is 5.02 Å². The summed E-state index contributed by atoms with van der Waals surface area (Å²) in [6.45, 7) is 4.74. The van der Waals surface area contributed by atoms with Crippen molar-refractivity contribution in [1.29, 1.82) is 0 Å². The van der Waals surface area contributed by atoms with Gasteiger partial charge in [-0.25, -0.2) is 4.39 Å². The van der Waals surface area contributed by atoms with Gasteiger partial charge in [-0.3, -0.25) is 9.59 Å². The van der Waals surface area contributed by atoms with Crippen molar-refractivity contribution in [2.24, 2.45) is 0 Å². The Morgan fingerprint density at radius 3 is 2.54 bits per heavy atom. The number of amides is 2. The maximum Gasteiger partial charge on any atom is 0.254 e. The van der Waals surface area contributed by atoms with Crippen LogP contribution in [-0.4, -0.2) is 54.7 Å². The fourth-order valence-electron chi connectivity index (χ4n) is 4.63. The van der Waals surface area contributed by atoms with Gasteiger partial charge in [0.1, 0.15) is 11.9 Å². The summed E-state index contributed by atoms with van der Waals surface area (Å²) in [5, 5.41) is 6.94. The van der Waals surface area contributed by atoms with Crippen molar-refractivity contribution < 1.29 is 14.0 Å². The van der Waals surface area contributed by atoms with Crippen LogP contribution < -0.4 is 15.5 Å². The van der Waals surface area contributed by atoms with Crippen molar-refractivity contribution in [3.63, 3.8) is 0 Å². The third-order valence-electron chi connectivity index (χ3n) is 6.72. The average Bonchev–Trinajstić information content (AvgIpc) is 2.91. The number of carbonyl (C=O) groups excluding carboxylic acids is 2. The van der Waals surface area contributed by atoms with Crippen LogP contribution in [-0.2, 0) is 10.5 Å². The van der Waals surface area contributed by atoms with Crippen LogP contribution in [0.15, 0.2) is 60.7 Å². The molecule has 37 heavy (non-hydrogen) atoms. The minimum Gasteiger partial charge on any atom is -0.371 e. The van der Waals surface area contributed by atoms with E-state index >= 15 is 0 Å². The SMILES string of the molecule is Cc1ccc(Cl)cc1N1CCN(C(=O)c2ccc3c(c2)NC(=O)[C@@H](CSCc2ccc(F)cc2)N3)CC1. The normalized spacial score (nSPS) is 17.2. The van der Waals surface area contributed by atoms with Gasteiger partial charge in [-0.15, -0.1) is 0 Å². The molecule has 1 fully saturated rings. The molecule has 6 nitrogen and oxygen atoms in total. The van der Waals surface area contributed by atoms with Gasteiger partial charge in [-0.1, -0.05) is 29.8 Å². The first-order valence-corrected chi connectivity index (χ1v) is 13.7. The zero-order valence-electron chi connectivity index (χ0n) is 20.5. The lowest BCUT2D eigenvalue weighted by molar-refractivity contribution is -0.116. The number of halogens is 2. The molecule has 2 aliphatic heterocycles. The third-order valence-corrected chi connectivity index (χ3v) is 8.06. The number of nitrogens with one attached hydrogen (secondary N) is 2. The van der Waals surface area contributed by atoms with Gasteiger partial charge in [0, 0.05) is 54.0 Å². The average molecular weight is 539 g/mol. The molecule has 1 atom stereocenters. The molecule has 0 aromatic heterocycles. The summed E-state index contributed by atoms with van der Waals surface area (Å²) in [4.78, 5) is 30.0. The fraction of sp³-hybridized carbons (Fsp3) is 0.286. The molecule has 2 N–H and O–H groups in total. The van der Waals surface area contributed by atoms with E-state index in [1.807, 2.05) is 35.2 Å². The third kappa shape index (κ3) is 5.86. The highest BCUT2D eigenvalue weighted by atomic mass is 35.5. The second kappa shape index (κ2) is 11.0. The first kappa shape index (κ1) is 25.4. The molecule has 0 unspecified atom stereocenters. The van der Waals surface area contributed by atoms with Crippen molar-refractivity contribution >= 4 is 52.2 Å². The first-order chi connectivity index (χ1) is 17.9. The minimum absolute atomic E-state index is 0.0449. The van der Waals surface area contributed by atoms with Gasteiger partial charge in [0.15, 0.2) is 0 Å². The minimum atomic E-state index is -0.387. The largest absolute Gasteiger partial charge is 0.371 e. The number of rotatable bonds is 6. The molecule has 3 aromatic carbocycles. The Kier molecular flexibility index (Phi) is 7.58. The van der Waals surface area contributed by atoms with Crippen LogP contribution in [0.5, 0.6) is 0 Å². The molecule has 2 heterocycles. The van der Waals surface area contributed by atoms with Gasteiger partial charge in [0.25, 0.3) is 5.91 Å². The zero-order valence-corrected chi connectivity index (χ0v) is 22.0. The van der Waals surface area contributed by atoms with E-state index < -0.39 is 0 Å². The Labute approximate surface area is 225 Å². The highest BCUT2D eigenvalue weighted by Gasteiger charge is 2.28. The van der Waals surface area contributed by atoms with Crippen molar-refractivity contribution in [3.8, 4) is 0 Å². The molecule has 3 aromatic rings. The van der Waals surface area contributed by atoms with Gasteiger partial charge in [0.05, 0.1) is 11.4 Å². The summed E-state index contributed by atoms with van der Waals surface area (Å²) in [5.74, 6) is 0.827. The van der Waals surface area contributed by atoms with Gasteiger partial charge < -0.3 is 20.4 Å². The maximum absolute atomic E-state index is 13.2. The van der Waals surface area contributed by atoms with Gasteiger partial charge in [-0.2, -0.15) is 11.8 Å². The number of carbonyl (C=O) groups is 2. The topological polar surface area (TPSA) is 64.7 Å². The molecule has 1 saturated heterocycles. The molecule has 2 amide bonds. The lowest BCUT2D eigenvalue weighted by Crippen LogP contribution is -2.49. The number of nitrogens with zero attached hydrogens (tertiary/aromatic N) is 2. The van der Waals surface area contributed by atoms with E-state index in [2.05, 4.69) is 22.5 Å². The Morgan fingerprint density at radius 1 is 1.03 bits per heavy atom. The van der Waals surface area contributed by atoms with Crippen molar-refractivity contribution in [3.05, 3.63) is 88.2 Å². The zero-order chi connectivity index (χ0) is 25.9. The van der Waals surface area contributed by atoms with E-state index in [0.717, 1.165) is 35.6 Å². The van der Waals surface area contributed by atoms with Crippen LogP contribution in [0, 0.1) is 12.7 Å². The molecule has 9 heteroatoms. The van der Waals surface area contributed by atoms with Crippen molar-refractivity contribution in [1.82, 2.24) is 4.90 Å². The second-order valence-corrected chi connectivity index (χ2v) is 10.8. The monoisotopic (exact) mass is 538 g/mol. The van der Waals surface area contributed by atoms with Gasteiger partial charge in [-0.05, 0) is 60.5 Å². The molecule has 0 spiro atoms. The molecular weight excluding hydrogens is 511 g/mol. The highest BCUT2D eigenvalue weighted by Crippen LogP contribution is 2.30. The summed E-state index contributed by atoms with van der Waals surface area (Å²) in [7, 11) is 0.